The van der Waals surface area contributed by atoms with E-state index in [9.17, 15) is 18.0 Å². The van der Waals surface area contributed by atoms with Gasteiger partial charge in [-0.05, 0) is 0 Å². The zero-order valence-corrected chi connectivity index (χ0v) is 6.99. The molecule has 3 N–H and O–H groups in total. The van der Waals surface area contributed by atoms with Crippen LogP contribution in [0.5, 0.6) is 0 Å². The summed E-state index contributed by atoms with van der Waals surface area (Å²) in [7, 11) is 0. The first kappa shape index (κ1) is 12.9. The van der Waals surface area contributed by atoms with Crippen LogP contribution < -0.4 is 5.73 Å². The second-order valence-electron chi connectivity index (χ2n) is 2.05. The van der Waals surface area contributed by atoms with E-state index in [0.717, 1.165) is 0 Å². The van der Waals surface area contributed by atoms with E-state index in [1.54, 1.807) is 0 Å². The normalized spacial score (nSPS) is 10.1. The van der Waals surface area contributed by atoms with Crippen LogP contribution in [0.3, 0.4) is 0 Å². The maximum Gasteiger partial charge on any atom is 0.490 e. The first-order valence-corrected chi connectivity index (χ1v) is 3.25. The topological polar surface area (TPSA) is 106 Å². The Hall–Kier alpha value is -2.06. The van der Waals surface area contributed by atoms with E-state index in [2.05, 4.69) is 9.68 Å². The molecule has 0 aliphatic carbocycles. The predicted molar refractivity (Wildman–Crippen MR) is 38.7 cm³/mol. The molecule has 0 radical (unpaired) electrons. The minimum absolute atomic E-state index is 0.157. The van der Waals surface area contributed by atoms with Gasteiger partial charge in [-0.15, -0.1) is 0 Å². The predicted octanol–water partition coefficient (Wildman–Crippen LogP) is 0.407. The van der Waals surface area contributed by atoms with Gasteiger partial charge in [0.15, 0.2) is 5.69 Å². The number of aliphatic carboxylic acids is 1. The van der Waals surface area contributed by atoms with Crippen LogP contribution in [0.1, 0.15) is 10.5 Å². The fourth-order valence-corrected chi connectivity index (χ4v) is 0.340. The molecule has 1 aromatic heterocycles. The number of carboxylic acids is 1. The first-order chi connectivity index (χ1) is 6.75. The Bertz CT molecular complexity index is 333. The van der Waals surface area contributed by atoms with Crippen molar-refractivity contribution in [1.29, 1.82) is 0 Å². The Morgan fingerprint density at radius 2 is 1.93 bits per heavy atom. The van der Waals surface area contributed by atoms with Crippen molar-refractivity contribution in [2.24, 2.45) is 5.73 Å². The number of rotatable bonds is 1. The molecule has 0 spiro atoms. The summed E-state index contributed by atoms with van der Waals surface area (Å²) < 4.78 is 36.1. The number of amides is 1. The van der Waals surface area contributed by atoms with Crippen LogP contribution in [0.4, 0.5) is 13.2 Å². The summed E-state index contributed by atoms with van der Waals surface area (Å²) in [6.07, 6.45) is -3.79. The molecule has 0 saturated heterocycles. The summed E-state index contributed by atoms with van der Waals surface area (Å²) in [5.41, 5.74) is 4.95. The van der Waals surface area contributed by atoms with Gasteiger partial charge >= 0.3 is 12.1 Å². The number of hydrogen-bond donors (Lipinski definition) is 2. The third kappa shape index (κ3) is 5.29. The van der Waals surface area contributed by atoms with Gasteiger partial charge in [0.25, 0.3) is 5.91 Å². The lowest BCUT2D eigenvalue weighted by atomic mass is 10.4. The SMILES string of the molecule is NC(=O)c1ccon1.O=C(O)C(F)(F)F. The summed E-state index contributed by atoms with van der Waals surface area (Å²) in [6, 6.07) is 1.41. The van der Waals surface area contributed by atoms with Gasteiger partial charge in [-0.25, -0.2) is 4.79 Å². The molecule has 1 heterocycles. The lowest BCUT2D eigenvalue weighted by molar-refractivity contribution is -0.192. The van der Waals surface area contributed by atoms with E-state index in [4.69, 9.17) is 15.6 Å². The van der Waals surface area contributed by atoms with Crippen molar-refractivity contribution in [3.63, 3.8) is 0 Å². The smallest absolute Gasteiger partial charge is 0.475 e. The molecule has 1 aromatic rings. The van der Waals surface area contributed by atoms with Crippen molar-refractivity contribution in [3.8, 4) is 0 Å². The highest BCUT2D eigenvalue weighted by molar-refractivity contribution is 5.90. The number of alkyl halides is 3. The van der Waals surface area contributed by atoms with Crippen LogP contribution in [0.25, 0.3) is 0 Å². The number of nitrogens with two attached hydrogens (primary N) is 1. The second-order valence-corrected chi connectivity index (χ2v) is 2.05. The quantitative estimate of drug-likeness (QED) is 0.721. The van der Waals surface area contributed by atoms with Crippen molar-refractivity contribution in [2.75, 3.05) is 0 Å². The van der Waals surface area contributed by atoms with Crippen LogP contribution in [-0.2, 0) is 4.79 Å². The fourth-order valence-electron chi connectivity index (χ4n) is 0.340. The number of halogens is 3. The summed E-state index contributed by atoms with van der Waals surface area (Å²) in [6.45, 7) is 0. The zero-order chi connectivity index (χ0) is 12.1. The highest BCUT2D eigenvalue weighted by Gasteiger charge is 2.38. The Balaban J connectivity index is 0.000000265. The Kier molecular flexibility index (Phi) is 4.30. The number of nitrogens with zero attached hydrogens (tertiary/aromatic N) is 1. The van der Waals surface area contributed by atoms with E-state index >= 15 is 0 Å². The molecular formula is C6H5F3N2O4. The molecule has 9 heteroatoms. The Morgan fingerprint density at radius 3 is 2.07 bits per heavy atom. The molecule has 0 atom stereocenters. The Labute approximate surface area is 80.5 Å². The van der Waals surface area contributed by atoms with E-state index in [-0.39, 0.29) is 5.69 Å². The summed E-state index contributed by atoms with van der Waals surface area (Å²) in [4.78, 5) is 19.1. The van der Waals surface area contributed by atoms with Crippen LogP contribution >= 0.6 is 0 Å². The lowest BCUT2D eigenvalue weighted by Crippen LogP contribution is -2.21. The molecule has 84 valence electrons. The minimum Gasteiger partial charge on any atom is -0.475 e. The van der Waals surface area contributed by atoms with Crippen molar-refractivity contribution in [2.45, 2.75) is 6.18 Å². The van der Waals surface area contributed by atoms with E-state index in [0.29, 0.717) is 0 Å². The van der Waals surface area contributed by atoms with Crippen LogP contribution in [-0.4, -0.2) is 28.3 Å². The molecule has 0 saturated carbocycles. The fraction of sp³-hybridized carbons (Fsp3) is 0.167. The highest BCUT2D eigenvalue weighted by Crippen LogP contribution is 2.13. The van der Waals surface area contributed by atoms with Crippen molar-refractivity contribution in [1.82, 2.24) is 5.16 Å². The molecule has 15 heavy (non-hydrogen) atoms. The van der Waals surface area contributed by atoms with E-state index in [1.807, 2.05) is 0 Å². The molecule has 0 aliphatic rings. The lowest BCUT2D eigenvalue weighted by Gasteiger charge is -1.93. The maximum absolute atomic E-state index is 10.6. The summed E-state index contributed by atoms with van der Waals surface area (Å²) in [5.74, 6) is -3.33. The number of aromatic nitrogens is 1. The van der Waals surface area contributed by atoms with Crippen LogP contribution in [0.15, 0.2) is 16.9 Å². The van der Waals surface area contributed by atoms with E-state index in [1.165, 1.54) is 12.3 Å². The van der Waals surface area contributed by atoms with E-state index < -0.39 is 18.1 Å². The van der Waals surface area contributed by atoms with Crippen LogP contribution in [0.2, 0.25) is 0 Å². The third-order valence-corrected chi connectivity index (χ3v) is 0.933. The molecule has 1 amide bonds. The standard InChI is InChI=1S/C4H4N2O2.C2HF3O2/c5-4(7)3-1-2-8-6-3;3-2(4,5)1(6)7/h1-2H,(H2,5,7);(H,6,7). The van der Waals surface area contributed by atoms with Gasteiger partial charge in [-0.1, -0.05) is 5.16 Å². The highest BCUT2D eigenvalue weighted by atomic mass is 19.4. The number of hydrogen-bond acceptors (Lipinski definition) is 4. The van der Waals surface area contributed by atoms with Gasteiger partial charge in [0.2, 0.25) is 0 Å². The largest absolute Gasteiger partial charge is 0.490 e. The maximum atomic E-state index is 10.6. The zero-order valence-electron chi connectivity index (χ0n) is 6.99. The number of primary amides is 1. The van der Waals surface area contributed by atoms with Crippen molar-refractivity contribution >= 4 is 11.9 Å². The van der Waals surface area contributed by atoms with Crippen molar-refractivity contribution < 1.29 is 32.4 Å². The summed E-state index contributed by atoms with van der Waals surface area (Å²) in [5, 5.41) is 10.4. The van der Waals surface area contributed by atoms with Gasteiger partial charge in [-0.3, -0.25) is 4.79 Å². The van der Waals surface area contributed by atoms with Crippen molar-refractivity contribution in [3.05, 3.63) is 18.0 Å². The monoisotopic (exact) mass is 226 g/mol. The van der Waals surface area contributed by atoms with Gasteiger partial charge in [0.1, 0.15) is 6.26 Å². The molecule has 0 fully saturated rings. The molecule has 0 aromatic carbocycles. The minimum atomic E-state index is -5.08. The van der Waals surface area contributed by atoms with Gasteiger partial charge in [0.05, 0.1) is 0 Å². The second kappa shape index (κ2) is 4.98. The first-order valence-electron chi connectivity index (χ1n) is 3.25. The number of carboxylic acid groups (broad SMARTS) is 1. The number of carbonyl (C=O) groups is 2. The molecule has 6 nitrogen and oxygen atoms in total. The average molecular weight is 226 g/mol. The number of carbonyl (C=O) groups excluding carboxylic acids is 1. The van der Waals surface area contributed by atoms with Gasteiger partial charge < -0.3 is 15.4 Å². The van der Waals surface area contributed by atoms with Crippen LogP contribution in [0, 0.1) is 0 Å². The summed E-state index contributed by atoms with van der Waals surface area (Å²) >= 11 is 0. The third-order valence-electron chi connectivity index (χ3n) is 0.933. The van der Waals surface area contributed by atoms with Gasteiger partial charge in [0, 0.05) is 6.07 Å². The Morgan fingerprint density at radius 1 is 1.47 bits per heavy atom. The molecule has 0 aliphatic heterocycles. The molecule has 0 unspecified atom stereocenters. The molecule has 0 bridgehead atoms. The molecule has 1 rings (SSSR count). The van der Waals surface area contributed by atoms with Gasteiger partial charge in [-0.2, -0.15) is 13.2 Å². The average Bonchev–Trinajstić information content (AvgIpc) is 2.54. The molecular weight excluding hydrogens is 221 g/mol.